The third-order valence-corrected chi connectivity index (χ3v) is 2.38. The molecular formula is C11H14N2O4. The van der Waals surface area contributed by atoms with Crippen LogP contribution in [-0.2, 0) is 11.8 Å². The molecule has 0 unspecified atom stereocenters. The van der Waals surface area contributed by atoms with Crippen LogP contribution >= 0.6 is 0 Å². The average molecular weight is 238 g/mol. The van der Waals surface area contributed by atoms with Gasteiger partial charge in [-0.25, -0.2) is 4.79 Å². The van der Waals surface area contributed by atoms with Gasteiger partial charge in [0.25, 0.3) is 11.5 Å². The van der Waals surface area contributed by atoms with Crippen molar-refractivity contribution in [2.24, 2.45) is 7.05 Å². The van der Waals surface area contributed by atoms with E-state index in [-0.39, 0.29) is 11.3 Å². The van der Waals surface area contributed by atoms with Gasteiger partial charge >= 0.3 is 5.97 Å². The molecule has 0 aromatic carbocycles. The molecule has 0 saturated heterocycles. The van der Waals surface area contributed by atoms with Gasteiger partial charge in [0.1, 0.15) is 11.2 Å². The van der Waals surface area contributed by atoms with Gasteiger partial charge in [-0.15, -0.1) is 0 Å². The first kappa shape index (κ1) is 13.0. The fourth-order valence-electron chi connectivity index (χ4n) is 1.19. The normalized spacial score (nSPS) is 11.0. The number of amides is 1. The summed E-state index contributed by atoms with van der Waals surface area (Å²) < 4.78 is 1.16. The van der Waals surface area contributed by atoms with Crippen LogP contribution in [-0.4, -0.2) is 27.1 Å². The molecular weight excluding hydrogens is 224 g/mol. The Hall–Kier alpha value is -2.11. The molecule has 92 valence electrons. The number of carboxylic acid groups (broad SMARTS) is 1. The van der Waals surface area contributed by atoms with Crippen molar-refractivity contribution < 1.29 is 14.7 Å². The van der Waals surface area contributed by atoms with Crippen molar-refractivity contribution in [2.75, 3.05) is 0 Å². The molecule has 1 heterocycles. The second-order valence-corrected chi connectivity index (χ2v) is 4.19. The van der Waals surface area contributed by atoms with Gasteiger partial charge in [-0.1, -0.05) is 6.07 Å². The van der Waals surface area contributed by atoms with E-state index in [9.17, 15) is 14.4 Å². The predicted octanol–water partition coefficient (Wildman–Crippen LogP) is -0.0217. The summed E-state index contributed by atoms with van der Waals surface area (Å²) in [6.07, 6.45) is 0. The van der Waals surface area contributed by atoms with Crippen LogP contribution in [0.5, 0.6) is 0 Å². The summed E-state index contributed by atoms with van der Waals surface area (Å²) >= 11 is 0. The van der Waals surface area contributed by atoms with Gasteiger partial charge in [0, 0.05) is 13.1 Å². The van der Waals surface area contributed by atoms with Crippen LogP contribution in [0.3, 0.4) is 0 Å². The Labute approximate surface area is 97.9 Å². The van der Waals surface area contributed by atoms with Crippen molar-refractivity contribution in [3.05, 3.63) is 34.2 Å². The number of aliphatic carboxylic acids is 1. The molecule has 2 N–H and O–H groups in total. The predicted molar refractivity (Wildman–Crippen MR) is 60.9 cm³/mol. The quantitative estimate of drug-likeness (QED) is 0.774. The summed E-state index contributed by atoms with van der Waals surface area (Å²) in [5, 5.41) is 11.2. The molecule has 1 amide bonds. The lowest BCUT2D eigenvalue weighted by atomic mass is 10.1. The van der Waals surface area contributed by atoms with Crippen LogP contribution in [0.15, 0.2) is 23.0 Å². The van der Waals surface area contributed by atoms with Crippen molar-refractivity contribution in [1.29, 1.82) is 0 Å². The van der Waals surface area contributed by atoms with Gasteiger partial charge in [0.05, 0.1) is 0 Å². The summed E-state index contributed by atoms with van der Waals surface area (Å²) in [5.74, 6) is -1.75. The number of hydrogen-bond acceptors (Lipinski definition) is 3. The summed E-state index contributed by atoms with van der Waals surface area (Å²) in [7, 11) is 1.45. The zero-order valence-electron chi connectivity index (χ0n) is 9.85. The van der Waals surface area contributed by atoms with Crippen LogP contribution < -0.4 is 10.9 Å². The number of pyridine rings is 1. The number of carbonyl (C=O) groups excluding carboxylic acids is 1. The lowest BCUT2D eigenvalue weighted by Crippen LogP contribution is -2.50. The SMILES string of the molecule is Cn1c(C(=O)NC(C)(C)C(=O)O)cccc1=O. The smallest absolute Gasteiger partial charge is 0.328 e. The first-order valence-electron chi connectivity index (χ1n) is 4.97. The maximum Gasteiger partial charge on any atom is 0.328 e. The number of nitrogens with one attached hydrogen (secondary N) is 1. The summed E-state index contributed by atoms with van der Waals surface area (Å²) in [6, 6.07) is 4.22. The van der Waals surface area contributed by atoms with E-state index in [1.54, 1.807) is 0 Å². The minimum Gasteiger partial charge on any atom is -0.480 e. The second kappa shape index (κ2) is 4.40. The van der Waals surface area contributed by atoms with Gasteiger partial charge in [-0.05, 0) is 19.9 Å². The first-order chi connectivity index (χ1) is 7.75. The molecule has 0 aliphatic rings. The van der Waals surface area contributed by atoms with E-state index in [2.05, 4.69) is 5.32 Å². The van der Waals surface area contributed by atoms with Crippen LogP contribution in [0.25, 0.3) is 0 Å². The fourth-order valence-corrected chi connectivity index (χ4v) is 1.19. The molecule has 1 aromatic heterocycles. The Morgan fingerprint density at radius 2 is 1.94 bits per heavy atom. The summed E-state index contributed by atoms with van der Waals surface area (Å²) in [6.45, 7) is 2.74. The third-order valence-electron chi connectivity index (χ3n) is 2.38. The lowest BCUT2D eigenvalue weighted by molar-refractivity contribution is -0.143. The Kier molecular flexibility index (Phi) is 3.36. The molecule has 0 aliphatic carbocycles. The number of nitrogens with zero attached hydrogens (tertiary/aromatic N) is 1. The average Bonchev–Trinajstić information content (AvgIpc) is 2.21. The van der Waals surface area contributed by atoms with Crippen molar-refractivity contribution in [2.45, 2.75) is 19.4 Å². The highest BCUT2D eigenvalue weighted by atomic mass is 16.4. The number of carboxylic acids is 1. The topological polar surface area (TPSA) is 88.4 Å². The molecule has 0 radical (unpaired) electrons. The fraction of sp³-hybridized carbons (Fsp3) is 0.364. The summed E-state index contributed by atoms with van der Waals surface area (Å²) in [5.41, 5.74) is -1.60. The first-order valence-corrected chi connectivity index (χ1v) is 4.97. The van der Waals surface area contributed by atoms with E-state index < -0.39 is 17.4 Å². The molecule has 17 heavy (non-hydrogen) atoms. The zero-order chi connectivity index (χ0) is 13.2. The van der Waals surface area contributed by atoms with Crippen molar-refractivity contribution in [3.63, 3.8) is 0 Å². The molecule has 0 atom stereocenters. The molecule has 0 aliphatic heterocycles. The Bertz CT molecular complexity index is 516. The number of rotatable bonds is 3. The second-order valence-electron chi connectivity index (χ2n) is 4.19. The molecule has 0 spiro atoms. The standard InChI is InChI=1S/C11H14N2O4/c1-11(2,10(16)17)12-9(15)7-5-4-6-8(14)13(7)3/h4-6H,1-3H3,(H,12,15)(H,16,17). The Balaban J connectivity index is 3.03. The van der Waals surface area contributed by atoms with Crippen LogP contribution in [0.2, 0.25) is 0 Å². The molecule has 0 saturated carbocycles. The largest absolute Gasteiger partial charge is 0.480 e. The van der Waals surface area contributed by atoms with E-state index in [1.807, 2.05) is 0 Å². The van der Waals surface area contributed by atoms with Gasteiger partial charge < -0.3 is 15.0 Å². The number of hydrogen-bond donors (Lipinski definition) is 2. The molecule has 1 aromatic rings. The van der Waals surface area contributed by atoms with Crippen LogP contribution in [0.1, 0.15) is 24.3 Å². The maximum absolute atomic E-state index is 11.8. The van der Waals surface area contributed by atoms with Gasteiger partial charge in [0.2, 0.25) is 0 Å². The number of carbonyl (C=O) groups is 2. The van der Waals surface area contributed by atoms with Crippen LogP contribution in [0.4, 0.5) is 0 Å². The maximum atomic E-state index is 11.8. The third kappa shape index (κ3) is 2.72. The molecule has 6 heteroatoms. The highest BCUT2D eigenvalue weighted by Gasteiger charge is 2.29. The van der Waals surface area contributed by atoms with E-state index in [4.69, 9.17) is 5.11 Å². The molecule has 0 fully saturated rings. The van der Waals surface area contributed by atoms with E-state index in [0.717, 1.165) is 4.57 Å². The van der Waals surface area contributed by atoms with Crippen molar-refractivity contribution >= 4 is 11.9 Å². The van der Waals surface area contributed by atoms with Gasteiger partial charge in [0.15, 0.2) is 0 Å². The van der Waals surface area contributed by atoms with E-state index >= 15 is 0 Å². The molecule has 1 rings (SSSR count). The van der Waals surface area contributed by atoms with Crippen LogP contribution in [0, 0.1) is 0 Å². The Morgan fingerprint density at radius 3 is 2.47 bits per heavy atom. The van der Waals surface area contributed by atoms with Gasteiger partial charge in [-0.3, -0.25) is 9.59 Å². The number of aromatic nitrogens is 1. The monoisotopic (exact) mass is 238 g/mol. The van der Waals surface area contributed by atoms with Crippen molar-refractivity contribution in [1.82, 2.24) is 9.88 Å². The van der Waals surface area contributed by atoms with Crippen molar-refractivity contribution in [3.8, 4) is 0 Å². The molecule has 6 nitrogen and oxygen atoms in total. The highest BCUT2D eigenvalue weighted by Crippen LogP contribution is 2.04. The minimum atomic E-state index is -1.39. The van der Waals surface area contributed by atoms with E-state index in [1.165, 1.54) is 39.1 Å². The lowest BCUT2D eigenvalue weighted by Gasteiger charge is -2.21. The minimum absolute atomic E-state index is 0.117. The zero-order valence-corrected chi connectivity index (χ0v) is 9.85. The molecule has 0 bridgehead atoms. The Morgan fingerprint density at radius 1 is 1.35 bits per heavy atom. The van der Waals surface area contributed by atoms with E-state index in [0.29, 0.717) is 0 Å². The summed E-state index contributed by atoms with van der Waals surface area (Å²) in [4.78, 5) is 34.0. The van der Waals surface area contributed by atoms with Gasteiger partial charge in [-0.2, -0.15) is 0 Å². The highest BCUT2D eigenvalue weighted by molar-refractivity contribution is 5.96.